The van der Waals surface area contributed by atoms with E-state index in [0.717, 1.165) is 24.9 Å². The van der Waals surface area contributed by atoms with Crippen molar-refractivity contribution in [3.05, 3.63) is 59.2 Å². The van der Waals surface area contributed by atoms with Crippen molar-refractivity contribution in [1.82, 2.24) is 4.90 Å². The fraction of sp³-hybridized carbons (Fsp3) is 0.458. The van der Waals surface area contributed by atoms with Crippen LogP contribution in [-0.4, -0.2) is 38.6 Å². The fourth-order valence-corrected chi connectivity index (χ4v) is 4.59. The standard InChI is InChI=1S/C24H32N2O3S/c1-17-8-13-20(30(5,28)29)15-21(17)25-23(27)16-26-14-6-7-22(26)18-9-11-19(12-10-18)24(2,3)4/h8-13,15,22H,6-7,14,16H2,1-5H3,(H,25,27). The van der Waals surface area contributed by atoms with Crippen LogP contribution in [0.2, 0.25) is 0 Å². The van der Waals surface area contributed by atoms with Crippen LogP contribution in [0.25, 0.3) is 0 Å². The molecule has 1 fully saturated rings. The van der Waals surface area contributed by atoms with Gasteiger partial charge in [-0.3, -0.25) is 9.69 Å². The van der Waals surface area contributed by atoms with Crippen LogP contribution in [0.3, 0.4) is 0 Å². The maximum atomic E-state index is 12.7. The molecule has 0 bridgehead atoms. The molecule has 1 saturated heterocycles. The van der Waals surface area contributed by atoms with Gasteiger partial charge < -0.3 is 5.32 Å². The first-order valence-electron chi connectivity index (χ1n) is 10.4. The number of rotatable bonds is 5. The average Bonchev–Trinajstić information content (AvgIpc) is 3.10. The molecule has 0 aliphatic carbocycles. The van der Waals surface area contributed by atoms with E-state index >= 15 is 0 Å². The van der Waals surface area contributed by atoms with Crippen molar-refractivity contribution in [2.75, 3.05) is 24.7 Å². The summed E-state index contributed by atoms with van der Waals surface area (Å²) >= 11 is 0. The maximum Gasteiger partial charge on any atom is 0.238 e. The summed E-state index contributed by atoms with van der Waals surface area (Å²) in [5.41, 5.74) is 4.05. The smallest absolute Gasteiger partial charge is 0.238 e. The van der Waals surface area contributed by atoms with Gasteiger partial charge in [0, 0.05) is 18.0 Å². The molecule has 2 aromatic rings. The Bertz CT molecular complexity index is 1020. The average molecular weight is 429 g/mol. The van der Waals surface area contributed by atoms with Crippen LogP contribution >= 0.6 is 0 Å². The highest BCUT2D eigenvalue weighted by Crippen LogP contribution is 2.33. The second kappa shape index (κ2) is 8.52. The van der Waals surface area contributed by atoms with E-state index in [-0.39, 0.29) is 28.8 Å². The van der Waals surface area contributed by atoms with E-state index in [1.807, 2.05) is 6.92 Å². The summed E-state index contributed by atoms with van der Waals surface area (Å²) in [5.74, 6) is -0.123. The van der Waals surface area contributed by atoms with Gasteiger partial charge in [0.2, 0.25) is 5.91 Å². The Kier molecular flexibility index (Phi) is 6.39. The Labute approximate surface area is 180 Å². The lowest BCUT2D eigenvalue weighted by Crippen LogP contribution is -2.33. The van der Waals surface area contributed by atoms with E-state index in [4.69, 9.17) is 0 Å². The number of hydrogen-bond acceptors (Lipinski definition) is 4. The van der Waals surface area contributed by atoms with Gasteiger partial charge in [-0.15, -0.1) is 0 Å². The molecule has 1 heterocycles. The Hall–Kier alpha value is -2.18. The van der Waals surface area contributed by atoms with Crippen molar-refractivity contribution in [2.45, 2.75) is 56.9 Å². The minimum absolute atomic E-state index is 0.117. The Balaban J connectivity index is 1.71. The molecule has 1 unspecified atom stereocenters. The van der Waals surface area contributed by atoms with E-state index in [1.165, 1.54) is 23.4 Å². The van der Waals surface area contributed by atoms with Gasteiger partial charge in [-0.05, 0) is 60.5 Å². The van der Waals surface area contributed by atoms with Gasteiger partial charge in [0.15, 0.2) is 9.84 Å². The molecule has 3 rings (SSSR count). The summed E-state index contributed by atoms with van der Waals surface area (Å²) < 4.78 is 23.7. The topological polar surface area (TPSA) is 66.5 Å². The number of carbonyl (C=O) groups excluding carboxylic acids is 1. The van der Waals surface area contributed by atoms with E-state index in [1.54, 1.807) is 12.1 Å². The zero-order valence-corrected chi connectivity index (χ0v) is 19.3. The number of sulfone groups is 1. The summed E-state index contributed by atoms with van der Waals surface area (Å²) in [6.45, 7) is 9.63. The highest BCUT2D eigenvalue weighted by atomic mass is 32.2. The molecule has 6 heteroatoms. The van der Waals surface area contributed by atoms with Crippen LogP contribution in [-0.2, 0) is 20.0 Å². The van der Waals surface area contributed by atoms with E-state index in [0.29, 0.717) is 5.69 Å². The lowest BCUT2D eigenvalue weighted by Gasteiger charge is -2.26. The highest BCUT2D eigenvalue weighted by molar-refractivity contribution is 7.90. The summed E-state index contributed by atoms with van der Waals surface area (Å²) in [6, 6.07) is 13.8. The summed E-state index contributed by atoms with van der Waals surface area (Å²) in [5, 5.41) is 2.91. The molecule has 1 aliphatic heterocycles. The van der Waals surface area contributed by atoms with E-state index in [9.17, 15) is 13.2 Å². The van der Waals surface area contributed by atoms with Gasteiger partial charge in [0.05, 0.1) is 11.4 Å². The summed E-state index contributed by atoms with van der Waals surface area (Å²) in [6.07, 6.45) is 3.26. The third-order valence-corrected chi connectivity index (χ3v) is 6.89. The van der Waals surface area contributed by atoms with Gasteiger partial charge in [-0.25, -0.2) is 8.42 Å². The van der Waals surface area contributed by atoms with Crippen molar-refractivity contribution in [1.29, 1.82) is 0 Å². The SMILES string of the molecule is Cc1ccc(S(C)(=O)=O)cc1NC(=O)CN1CCCC1c1ccc(C(C)(C)C)cc1. The van der Waals surface area contributed by atoms with Gasteiger partial charge in [-0.1, -0.05) is 51.1 Å². The van der Waals surface area contributed by atoms with Crippen molar-refractivity contribution < 1.29 is 13.2 Å². The number of aryl methyl sites for hydroxylation is 1. The lowest BCUT2D eigenvalue weighted by atomic mass is 9.86. The van der Waals surface area contributed by atoms with Gasteiger partial charge in [-0.2, -0.15) is 0 Å². The van der Waals surface area contributed by atoms with Crippen LogP contribution in [0.1, 0.15) is 56.3 Å². The molecule has 0 spiro atoms. The third-order valence-electron chi connectivity index (χ3n) is 5.78. The van der Waals surface area contributed by atoms with Crippen LogP contribution in [0.4, 0.5) is 5.69 Å². The largest absolute Gasteiger partial charge is 0.325 e. The number of hydrogen-bond donors (Lipinski definition) is 1. The first kappa shape index (κ1) is 22.5. The predicted octanol–water partition coefficient (Wildman–Crippen LogP) is 4.47. The number of benzene rings is 2. The van der Waals surface area contributed by atoms with Gasteiger partial charge >= 0.3 is 0 Å². The third kappa shape index (κ3) is 5.29. The Morgan fingerprint density at radius 3 is 2.40 bits per heavy atom. The molecule has 30 heavy (non-hydrogen) atoms. The normalized spacial score (nSPS) is 17.8. The van der Waals surface area contributed by atoms with E-state index in [2.05, 4.69) is 55.3 Å². The molecule has 1 atom stereocenters. The molecular formula is C24H32N2O3S. The first-order valence-corrected chi connectivity index (χ1v) is 12.3. The molecule has 5 nitrogen and oxygen atoms in total. The number of nitrogens with zero attached hydrogens (tertiary/aromatic N) is 1. The number of amides is 1. The Morgan fingerprint density at radius 1 is 1.13 bits per heavy atom. The monoisotopic (exact) mass is 428 g/mol. The van der Waals surface area contributed by atoms with Crippen LogP contribution < -0.4 is 5.32 Å². The molecule has 0 radical (unpaired) electrons. The zero-order valence-electron chi connectivity index (χ0n) is 18.5. The summed E-state index contributed by atoms with van der Waals surface area (Å²) in [4.78, 5) is 15.2. The minimum Gasteiger partial charge on any atom is -0.325 e. The molecule has 1 amide bonds. The summed E-state index contributed by atoms with van der Waals surface area (Å²) in [7, 11) is -3.32. The van der Waals surface area contributed by atoms with Crippen molar-refractivity contribution in [3.63, 3.8) is 0 Å². The van der Waals surface area contributed by atoms with Crippen LogP contribution in [0.5, 0.6) is 0 Å². The number of nitrogens with one attached hydrogen (secondary N) is 1. The quantitative estimate of drug-likeness (QED) is 0.763. The van der Waals surface area contributed by atoms with Crippen molar-refractivity contribution in [2.24, 2.45) is 0 Å². The number of carbonyl (C=O) groups is 1. The second-order valence-corrected chi connectivity index (χ2v) is 11.3. The predicted molar refractivity (Wildman–Crippen MR) is 122 cm³/mol. The van der Waals surface area contributed by atoms with Crippen LogP contribution in [0, 0.1) is 6.92 Å². The second-order valence-electron chi connectivity index (χ2n) is 9.30. The molecule has 1 aliphatic rings. The molecule has 162 valence electrons. The Morgan fingerprint density at radius 2 is 1.80 bits per heavy atom. The van der Waals surface area contributed by atoms with Gasteiger partial charge in [0.25, 0.3) is 0 Å². The number of likely N-dealkylation sites (tertiary alicyclic amines) is 1. The zero-order chi connectivity index (χ0) is 22.1. The fourth-order valence-electron chi connectivity index (χ4n) is 3.94. The number of anilines is 1. The highest BCUT2D eigenvalue weighted by Gasteiger charge is 2.28. The van der Waals surface area contributed by atoms with Crippen LogP contribution in [0.15, 0.2) is 47.4 Å². The first-order chi connectivity index (χ1) is 13.9. The van der Waals surface area contributed by atoms with E-state index < -0.39 is 9.84 Å². The molecule has 0 aromatic heterocycles. The minimum atomic E-state index is -3.32. The maximum absolute atomic E-state index is 12.7. The van der Waals surface area contributed by atoms with Gasteiger partial charge in [0.1, 0.15) is 0 Å². The molecule has 1 N–H and O–H groups in total. The van der Waals surface area contributed by atoms with Crippen molar-refractivity contribution in [3.8, 4) is 0 Å². The van der Waals surface area contributed by atoms with Crippen molar-refractivity contribution >= 4 is 21.4 Å². The molecule has 2 aromatic carbocycles. The molecular weight excluding hydrogens is 396 g/mol. The lowest BCUT2D eigenvalue weighted by molar-refractivity contribution is -0.117. The molecule has 0 saturated carbocycles.